The topological polar surface area (TPSA) is 119 Å². The lowest BCUT2D eigenvalue weighted by Gasteiger charge is -2.28. The van der Waals surface area contributed by atoms with Gasteiger partial charge >= 0.3 is 5.97 Å². The summed E-state index contributed by atoms with van der Waals surface area (Å²) in [5, 5.41) is 10.2. The Labute approximate surface area is 243 Å². The summed E-state index contributed by atoms with van der Waals surface area (Å²) in [6, 6.07) is 10.6. The second kappa shape index (κ2) is 13.9. The van der Waals surface area contributed by atoms with E-state index in [1.807, 2.05) is 26.0 Å². The highest BCUT2D eigenvalue weighted by Gasteiger charge is 2.28. The molecule has 0 aliphatic rings. The summed E-state index contributed by atoms with van der Waals surface area (Å²) in [6.07, 6.45) is -0.964. The van der Waals surface area contributed by atoms with Gasteiger partial charge in [-0.15, -0.1) is 11.6 Å². The third-order valence-electron chi connectivity index (χ3n) is 5.78. The Hall–Kier alpha value is -2.24. The number of aliphatic hydroxyl groups is 1. The molecule has 0 fully saturated rings. The second-order valence-electron chi connectivity index (χ2n) is 9.39. The molecule has 1 amide bonds. The normalized spacial score (nSPS) is 13.4. The van der Waals surface area contributed by atoms with E-state index >= 15 is 0 Å². The molecule has 2 aromatic carbocycles. The third-order valence-corrected chi connectivity index (χ3v) is 7.91. The number of ether oxygens (including phenoxy) is 3. The predicted molar refractivity (Wildman–Crippen MR) is 151 cm³/mol. The first kappa shape index (κ1) is 33.0. The van der Waals surface area contributed by atoms with Gasteiger partial charge in [-0.25, -0.2) is 12.7 Å². The molecule has 0 saturated carbocycles. The summed E-state index contributed by atoms with van der Waals surface area (Å²) in [7, 11) is -3.85. The van der Waals surface area contributed by atoms with Gasteiger partial charge in [-0.3, -0.25) is 9.59 Å². The average Bonchev–Trinajstić information content (AvgIpc) is 2.83. The SMILES string of the molecule is CC(=O)O[C@H](COc1ccc(C(C)(C)c2cc(Cl)c(OC[C@H](O)CCl)c(Cl)c2)cc1)CN(C(C)=O)S(C)(=O)=O. The summed E-state index contributed by atoms with van der Waals surface area (Å²) >= 11 is 18.5. The summed E-state index contributed by atoms with van der Waals surface area (Å²) in [5.41, 5.74) is 1.19. The molecule has 2 rings (SSSR count). The van der Waals surface area contributed by atoms with Crippen molar-refractivity contribution in [2.45, 2.75) is 45.3 Å². The Morgan fingerprint density at radius 1 is 1.00 bits per heavy atom. The van der Waals surface area contributed by atoms with E-state index in [9.17, 15) is 23.1 Å². The summed E-state index contributed by atoms with van der Waals surface area (Å²) in [6.45, 7) is 5.68. The van der Waals surface area contributed by atoms with Crippen molar-refractivity contribution in [3.05, 3.63) is 57.6 Å². The number of amides is 1. The Balaban J connectivity index is 2.18. The van der Waals surface area contributed by atoms with Gasteiger partial charge in [0.25, 0.3) is 0 Å². The largest absolute Gasteiger partial charge is 0.490 e. The molecule has 9 nitrogen and oxygen atoms in total. The summed E-state index contributed by atoms with van der Waals surface area (Å²) in [5.74, 6) is -0.622. The van der Waals surface area contributed by atoms with Crippen molar-refractivity contribution in [1.82, 2.24) is 4.31 Å². The van der Waals surface area contributed by atoms with Gasteiger partial charge in [0, 0.05) is 19.3 Å². The molecule has 0 unspecified atom stereocenters. The van der Waals surface area contributed by atoms with Gasteiger partial charge in [-0.05, 0) is 35.4 Å². The van der Waals surface area contributed by atoms with Gasteiger partial charge in [0.2, 0.25) is 15.9 Å². The van der Waals surface area contributed by atoms with Crippen LogP contribution in [0.2, 0.25) is 10.0 Å². The first-order valence-electron chi connectivity index (χ1n) is 11.8. The number of sulfonamides is 1. The zero-order valence-electron chi connectivity index (χ0n) is 22.2. The van der Waals surface area contributed by atoms with Crippen LogP contribution in [0.3, 0.4) is 0 Å². The van der Waals surface area contributed by atoms with Gasteiger partial charge in [-0.1, -0.05) is 49.2 Å². The maximum absolute atomic E-state index is 11.9. The first-order chi connectivity index (χ1) is 18.1. The summed E-state index contributed by atoms with van der Waals surface area (Å²) in [4.78, 5) is 23.3. The highest BCUT2D eigenvalue weighted by molar-refractivity contribution is 7.88. The second-order valence-corrected chi connectivity index (χ2v) is 12.4. The molecule has 216 valence electrons. The van der Waals surface area contributed by atoms with Crippen LogP contribution in [-0.2, 0) is 29.8 Å². The number of rotatable bonds is 13. The van der Waals surface area contributed by atoms with E-state index in [0.29, 0.717) is 10.1 Å². The first-order valence-corrected chi connectivity index (χ1v) is 14.9. The number of carbonyl (C=O) groups excluding carboxylic acids is 2. The molecular formula is C26H32Cl3NO8S. The number of halogens is 3. The minimum absolute atomic E-state index is 0.0159. The van der Waals surface area contributed by atoms with Crippen LogP contribution in [0, 0.1) is 0 Å². The third kappa shape index (κ3) is 9.42. The Bertz CT molecular complexity index is 1250. The van der Waals surface area contributed by atoms with Crippen LogP contribution in [0.25, 0.3) is 0 Å². The number of benzene rings is 2. The number of hydrogen-bond donors (Lipinski definition) is 1. The molecule has 0 radical (unpaired) electrons. The fourth-order valence-electron chi connectivity index (χ4n) is 3.65. The molecule has 0 saturated heterocycles. The van der Waals surface area contributed by atoms with E-state index in [0.717, 1.165) is 24.3 Å². The number of hydrogen-bond acceptors (Lipinski definition) is 8. The standard InChI is InChI=1S/C26H32Cl3NO8S/c1-16(31)30(39(5,34)35)13-22(38-17(2)32)15-36-21-8-6-18(7-9-21)26(3,4)19-10-23(28)25(24(29)11-19)37-14-20(33)12-27/h6-11,20,22,33H,12-15H2,1-5H3/t20-,22+/m1/s1. The Morgan fingerprint density at radius 3 is 2.03 bits per heavy atom. The van der Waals surface area contributed by atoms with E-state index in [1.165, 1.54) is 6.92 Å². The average molecular weight is 625 g/mol. The lowest BCUT2D eigenvalue weighted by Crippen LogP contribution is -2.43. The zero-order chi connectivity index (χ0) is 29.5. The Morgan fingerprint density at radius 2 is 1.56 bits per heavy atom. The van der Waals surface area contributed by atoms with E-state index in [1.54, 1.807) is 24.3 Å². The van der Waals surface area contributed by atoms with Crippen LogP contribution in [0.5, 0.6) is 11.5 Å². The Kier molecular flexibility index (Phi) is 11.7. The van der Waals surface area contributed by atoms with Crippen LogP contribution in [0.15, 0.2) is 36.4 Å². The van der Waals surface area contributed by atoms with Gasteiger partial charge < -0.3 is 19.3 Å². The molecule has 0 aliphatic carbocycles. The smallest absolute Gasteiger partial charge is 0.303 e. The molecular weight excluding hydrogens is 593 g/mol. The number of esters is 1. The van der Waals surface area contributed by atoms with Crippen LogP contribution in [-0.4, -0.2) is 73.8 Å². The van der Waals surface area contributed by atoms with Crippen molar-refractivity contribution in [3.8, 4) is 11.5 Å². The van der Waals surface area contributed by atoms with E-state index < -0.39 is 39.5 Å². The maximum atomic E-state index is 11.9. The van der Waals surface area contributed by atoms with Crippen molar-refractivity contribution < 1.29 is 37.3 Å². The van der Waals surface area contributed by atoms with E-state index in [2.05, 4.69) is 0 Å². The van der Waals surface area contributed by atoms with Gasteiger partial charge in [0.15, 0.2) is 11.9 Å². The fraction of sp³-hybridized carbons (Fsp3) is 0.462. The van der Waals surface area contributed by atoms with E-state index in [-0.39, 0.29) is 41.4 Å². The molecule has 1 N–H and O–H groups in total. The van der Waals surface area contributed by atoms with Gasteiger partial charge in [-0.2, -0.15) is 0 Å². The van der Waals surface area contributed by atoms with Gasteiger partial charge in [0.05, 0.1) is 28.7 Å². The lowest BCUT2D eigenvalue weighted by molar-refractivity contribution is -0.149. The quantitative estimate of drug-likeness (QED) is 0.257. The van der Waals surface area contributed by atoms with Crippen molar-refractivity contribution >= 4 is 56.7 Å². The number of carbonyl (C=O) groups is 2. The number of nitrogens with zero attached hydrogens (tertiary/aromatic N) is 1. The van der Waals surface area contributed by atoms with Crippen molar-refractivity contribution in [3.63, 3.8) is 0 Å². The van der Waals surface area contributed by atoms with Crippen molar-refractivity contribution in [2.24, 2.45) is 0 Å². The number of aliphatic hydroxyl groups excluding tert-OH is 1. The summed E-state index contributed by atoms with van der Waals surface area (Å²) < 4.78 is 41.0. The van der Waals surface area contributed by atoms with Crippen LogP contribution >= 0.6 is 34.8 Å². The molecule has 2 aromatic rings. The maximum Gasteiger partial charge on any atom is 0.303 e. The molecule has 13 heteroatoms. The highest BCUT2D eigenvalue weighted by Crippen LogP contribution is 2.40. The lowest BCUT2D eigenvalue weighted by atomic mass is 9.78. The minimum atomic E-state index is -3.85. The molecule has 0 spiro atoms. The number of alkyl halides is 1. The predicted octanol–water partition coefficient (Wildman–Crippen LogP) is 4.42. The molecule has 0 aromatic heterocycles. The van der Waals surface area contributed by atoms with Crippen LogP contribution in [0.1, 0.15) is 38.8 Å². The molecule has 0 bridgehead atoms. The monoisotopic (exact) mass is 623 g/mol. The van der Waals surface area contributed by atoms with Crippen LogP contribution in [0.4, 0.5) is 0 Å². The van der Waals surface area contributed by atoms with Crippen molar-refractivity contribution in [1.29, 1.82) is 0 Å². The minimum Gasteiger partial charge on any atom is -0.490 e. The fourth-order valence-corrected chi connectivity index (χ4v) is 5.24. The molecule has 0 heterocycles. The van der Waals surface area contributed by atoms with Gasteiger partial charge in [0.1, 0.15) is 25.1 Å². The molecule has 2 atom stereocenters. The zero-order valence-corrected chi connectivity index (χ0v) is 25.3. The molecule has 0 aliphatic heterocycles. The van der Waals surface area contributed by atoms with Crippen LogP contribution < -0.4 is 9.47 Å². The molecule has 39 heavy (non-hydrogen) atoms. The van der Waals surface area contributed by atoms with E-state index in [4.69, 9.17) is 49.0 Å². The van der Waals surface area contributed by atoms with Crippen molar-refractivity contribution in [2.75, 3.05) is 31.9 Å². The highest BCUT2D eigenvalue weighted by atomic mass is 35.5.